The summed E-state index contributed by atoms with van der Waals surface area (Å²) in [5, 5.41) is 12.6. The Labute approximate surface area is 190 Å². The van der Waals surface area contributed by atoms with Crippen molar-refractivity contribution in [2.75, 3.05) is 20.6 Å². The van der Waals surface area contributed by atoms with Crippen LogP contribution < -0.4 is 5.32 Å². The number of benzene rings is 1. The van der Waals surface area contributed by atoms with Crippen LogP contribution in [0.15, 0.2) is 42.7 Å². The molecule has 1 aliphatic rings. The van der Waals surface area contributed by atoms with E-state index in [0.717, 1.165) is 5.56 Å². The second-order valence-electron chi connectivity index (χ2n) is 8.61. The van der Waals surface area contributed by atoms with Crippen molar-refractivity contribution in [3.63, 3.8) is 0 Å². The second kappa shape index (κ2) is 9.67. The van der Waals surface area contributed by atoms with Crippen LogP contribution in [-0.4, -0.2) is 53.8 Å². The molecule has 1 amide bonds. The molecule has 0 radical (unpaired) electrons. The number of nitrogens with zero attached hydrogens (tertiary/aromatic N) is 2. The molecule has 3 rings (SSSR count). The number of halogens is 4. The third-order valence-electron chi connectivity index (χ3n) is 6.25. The van der Waals surface area contributed by atoms with Gasteiger partial charge in [-0.05, 0) is 62.7 Å². The first kappa shape index (κ1) is 24.3. The van der Waals surface area contributed by atoms with Gasteiger partial charge in [0.1, 0.15) is 5.75 Å². The largest absolute Gasteiger partial charge is 0.506 e. The van der Waals surface area contributed by atoms with Crippen molar-refractivity contribution in [3.05, 3.63) is 58.9 Å². The maximum atomic E-state index is 13.8. The standard InChI is InChI=1S/C23H27ClF3N3O2/c1-30(2)17(10-15-5-6-20(31)19(24)11-15)14-29-21(32)12-18(16-4-3-9-28-13-16)22(7-8-22)23(25,26)27/h3-6,9,11,13,17-18,31H,7-8,10,12,14H2,1-2H3,(H,29,32)/t17-,18?/m0/s1. The quantitative estimate of drug-likeness (QED) is 0.565. The molecule has 1 aliphatic carbocycles. The molecule has 1 unspecified atom stereocenters. The summed E-state index contributed by atoms with van der Waals surface area (Å²) in [6, 6.07) is 8.01. The smallest absolute Gasteiger partial charge is 0.395 e. The predicted octanol–water partition coefficient (Wildman–Crippen LogP) is 4.55. The number of phenols is 1. The zero-order valence-electron chi connectivity index (χ0n) is 18.0. The first-order valence-corrected chi connectivity index (χ1v) is 10.8. The summed E-state index contributed by atoms with van der Waals surface area (Å²) in [6.45, 7) is 0.267. The lowest BCUT2D eigenvalue weighted by atomic mass is 9.80. The van der Waals surface area contributed by atoms with Crippen LogP contribution in [0, 0.1) is 5.41 Å². The van der Waals surface area contributed by atoms with Crippen molar-refractivity contribution in [3.8, 4) is 5.75 Å². The van der Waals surface area contributed by atoms with Gasteiger partial charge < -0.3 is 15.3 Å². The number of aromatic nitrogens is 1. The Kier molecular flexibility index (Phi) is 7.35. The third-order valence-corrected chi connectivity index (χ3v) is 6.55. The van der Waals surface area contributed by atoms with Crippen LogP contribution in [0.5, 0.6) is 5.75 Å². The van der Waals surface area contributed by atoms with Crippen LogP contribution in [0.3, 0.4) is 0 Å². The molecule has 0 bridgehead atoms. The average molecular weight is 470 g/mol. The number of nitrogens with one attached hydrogen (secondary N) is 1. The van der Waals surface area contributed by atoms with Gasteiger partial charge in [0.2, 0.25) is 5.91 Å². The van der Waals surface area contributed by atoms with E-state index in [2.05, 4.69) is 10.3 Å². The normalized spacial score (nSPS) is 17.1. The predicted molar refractivity (Wildman–Crippen MR) is 117 cm³/mol. The minimum Gasteiger partial charge on any atom is -0.506 e. The molecular weight excluding hydrogens is 443 g/mol. The lowest BCUT2D eigenvalue weighted by Gasteiger charge is -2.30. The molecule has 5 nitrogen and oxygen atoms in total. The van der Waals surface area contributed by atoms with E-state index in [-0.39, 0.29) is 42.6 Å². The van der Waals surface area contributed by atoms with Crippen LogP contribution in [0.2, 0.25) is 5.02 Å². The zero-order valence-corrected chi connectivity index (χ0v) is 18.7. The highest BCUT2D eigenvalue weighted by molar-refractivity contribution is 6.32. The number of aromatic hydroxyl groups is 1. The van der Waals surface area contributed by atoms with Gasteiger partial charge in [0.15, 0.2) is 0 Å². The Morgan fingerprint density at radius 3 is 2.56 bits per heavy atom. The van der Waals surface area contributed by atoms with E-state index in [9.17, 15) is 23.1 Å². The molecule has 1 aromatic carbocycles. The Morgan fingerprint density at radius 1 is 1.31 bits per heavy atom. The van der Waals surface area contributed by atoms with Crippen molar-refractivity contribution in [1.29, 1.82) is 0 Å². The fourth-order valence-corrected chi connectivity index (χ4v) is 4.26. The van der Waals surface area contributed by atoms with E-state index in [4.69, 9.17) is 11.6 Å². The van der Waals surface area contributed by atoms with Crippen molar-refractivity contribution in [1.82, 2.24) is 15.2 Å². The molecule has 2 aromatic rings. The zero-order chi connectivity index (χ0) is 23.5. The van der Waals surface area contributed by atoms with Gasteiger partial charge in [-0.15, -0.1) is 0 Å². The number of carbonyl (C=O) groups excluding carboxylic acids is 1. The van der Waals surface area contributed by atoms with E-state index < -0.39 is 23.4 Å². The third kappa shape index (κ3) is 5.53. The lowest BCUT2D eigenvalue weighted by Crippen LogP contribution is -2.42. The summed E-state index contributed by atoms with van der Waals surface area (Å²) in [5.74, 6) is -1.40. The summed E-state index contributed by atoms with van der Waals surface area (Å²) in [4.78, 5) is 18.6. The van der Waals surface area contributed by atoms with Crippen LogP contribution >= 0.6 is 11.6 Å². The van der Waals surface area contributed by atoms with Crippen LogP contribution in [-0.2, 0) is 11.2 Å². The van der Waals surface area contributed by atoms with Gasteiger partial charge >= 0.3 is 6.18 Å². The van der Waals surface area contributed by atoms with E-state index in [1.807, 2.05) is 19.0 Å². The number of likely N-dealkylation sites (N-methyl/N-ethyl adjacent to an activating group) is 1. The van der Waals surface area contributed by atoms with Gasteiger partial charge in [0.05, 0.1) is 10.4 Å². The molecule has 32 heavy (non-hydrogen) atoms. The summed E-state index contributed by atoms with van der Waals surface area (Å²) < 4.78 is 41.5. The number of rotatable bonds is 9. The lowest BCUT2D eigenvalue weighted by molar-refractivity contribution is -0.194. The fraction of sp³-hybridized carbons (Fsp3) is 0.478. The highest BCUT2D eigenvalue weighted by Gasteiger charge is 2.67. The van der Waals surface area contributed by atoms with Gasteiger partial charge in [-0.3, -0.25) is 9.78 Å². The maximum Gasteiger partial charge on any atom is 0.395 e. The minimum absolute atomic E-state index is 0.00904. The number of amides is 1. The molecule has 0 saturated heterocycles. The van der Waals surface area contributed by atoms with Gasteiger partial charge in [0.25, 0.3) is 0 Å². The molecule has 9 heteroatoms. The topological polar surface area (TPSA) is 65.5 Å². The Bertz CT molecular complexity index is 934. The van der Waals surface area contributed by atoms with Crippen molar-refractivity contribution in [2.24, 2.45) is 5.41 Å². The minimum atomic E-state index is -4.38. The number of hydrogen-bond donors (Lipinski definition) is 2. The van der Waals surface area contributed by atoms with Crippen LogP contribution in [0.25, 0.3) is 0 Å². The van der Waals surface area contributed by atoms with Crippen molar-refractivity contribution >= 4 is 17.5 Å². The number of carbonyl (C=O) groups is 1. The SMILES string of the molecule is CN(C)[C@H](CNC(=O)CC(c1cccnc1)C1(C(F)(F)F)CC1)Cc1ccc(O)c(Cl)c1. The Balaban J connectivity index is 1.68. The molecule has 1 saturated carbocycles. The molecule has 1 fully saturated rings. The van der Waals surface area contributed by atoms with Gasteiger partial charge in [-0.25, -0.2) is 0 Å². The Hall–Kier alpha value is -2.32. The fourth-order valence-electron chi connectivity index (χ4n) is 4.05. The monoisotopic (exact) mass is 469 g/mol. The second-order valence-corrected chi connectivity index (χ2v) is 9.02. The maximum absolute atomic E-state index is 13.8. The first-order chi connectivity index (χ1) is 15.0. The highest BCUT2D eigenvalue weighted by atomic mass is 35.5. The van der Waals surface area contributed by atoms with E-state index in [1.54, 1.807) is 24.3 Å². The summed E-state index contributed by atoms with van der Waals surface area (Å²) in [7, 11) is 3.72. The molecular formula is C23H27ClF3N3O2. The van der Waals surface area contributed by atoms with Crippen LogP contribution in [0.1, 0.15) is 36.3 Å². The molecule has 0 spiro atoms. The first-order valence-electron chi connectivity index (χ1n) is 10.4. The van der Waals surface area contributed by atoms with E-state index in [1.165, 1.54) is 18.5 Å². The molecule has 1 aromatic heterocycles. The molecule has 0 aliphatic heterocycles. The summed E-state index contributed by atoms with van der Waals surface area (Å²) in [5.41, 5.74) is -0.555. The number of alkyl halides is 3. The molecule has 2 atom stereocenters. The molecule has 174 valence electrons. The number of pyridine rings is 1. The number of hydrogen-bond acceptors (Lipinski definition) is 4. The van der Waals surface area contributed by atoms with Crippen molar-refractivity contribution in [2.45, 2.75) is 43.8 Å². The highest BCUT2D eigenvalue weighted by Crippen LogP contribution is 2.66. The van der Waals surface area contributed by atoms with Crippen molar-refractivity contribution < 1.29 is 23.1 Å². The molecule has 1 heterocycles. The van der Waals surface area contributed by atoms with E-state index >= 15 is 0 Å². The van der Waals surface area contributed by atoms with Gasteiger partial charge in [-0.2, -0.15) is 13.2 Å². The van der Waals surface area contributed by atoms with Crippen LogP contribution in [0.4, 0.5) is 13.2 Å². The number of phenolic OH excluding ortho intramolecular Hbond substituents is 1. The van der Waals surface area contributed by atoms with Gasteiger partial charge in [-0.1, -0.05) is 23.7 Å². The van der Waals surface area contributed by atoms with E-state index in [0.29, 0.717) is 12.0 Å². The molecule has 2 N–H and O–H groups in total. The summed E-state index contributed by atoms with van der Waals surface area (Å²) >= 11 is 5.97. The van der Waals surface area contributed by atoms with Gasteiger partial charge in [0, 0.05) is 37.3 Å². The average Bonchev–Trinajstić information content (AvgIpc) is 3.54. The Morgan fingerprint density at radius 2 is 2.03 bits per heavy atom. The summed E-state index contributed by atoms with van der Waals surface area (Å²) in [6.07, 6.45) is -1.12.